The van der Waals surface area contributed by atoms with Crippen LogP contribution in [0.1, 0.15) is 18.4 Å². The molecule has 2 aromatic heterocycles. The summed E-state index contributed by atoms with van der Waals surface area (Å²) in [6, 6.07) is 5.18. The summed E-state index contributed by atoms with van der Waals surface area (Å²) in [5, 5.41) is 3.79. The van der Waals surface area contributed by atoms with E-state index in [1.165, 1.54) is 6.33 Å². The molecule has 1 saturated heterocycles. The van der Waals surface area contributed by atoms with Crippen molar-refractivity contribution >= 4 is 37.8 Å². The molecule has 0 spiro atoms. The number of ether oxygens (including phenoxy) is 1. The van der Waals surface area contributed by atoms with Gasteiger partial charge in [0.25, 0.3) is 5.56 Å². The highest BCUT2D eigenvalue weighted by Gasteiger charge is 2.20. The minimum atomic E-state index is -2.25. The molecule has 1 aliphatic rings. The summed E-state index contributed by atoms with van der Waals surface area (Å²) in [4.78, 5) is 23.3. The van der Waals surface area contributed by atoms with E-state index in [4.69, 9.17) is 4.74 Å². The summed E-state index contributed by atoms with van der Waals surface area (Å²) in [5.74, 6) is 2.26. The molecule has 0 bridgehead atoms. The van der Waals surface area contributed by atoms with Crippen LogP contribution in [-0.2, 0) is 9.73 Å². The molecule has 0 radical (unpaired) electrons. The van der Waals surface area contributed by atoms with Gasteiger partial charge in [0.2, 0.25) is 0 Å². The monoisotopic (exact) mass is 399 g/mol. The number of aromatic nitrogens is 3. The Kier molecular flexibility index (Phi) is 4.76. The fourth-order valence-electron chi connectivity index (χ4n) is 3.47. The Morgan fingerprint density at radius 3 is 2.79 bits per heavy atom. The van der Waals surface area contributed by atoms with Crippen LogP contribution >= 0.6 is 0 Å². The molecule has 1 aliphatic heterocycles. The van der Waals surface area contributed by atoms with Crippen molar-refractivity contribution in [1.29, 1.82) is 0 Å². The number of H-pyrrole nitrogens is 1. The minimum Gasteiger partial charge on any atom is -0.494 e. The standard InChI is InChI=1S/C19H21N5O3S/c1-12-16-14(10-15(17(12)27-2)24-28(26)8-3-4-9-28)21-11-22-18(16)23-13-6-5-7-20-19(13)25/h5-7,10-11H,3-4,8-9H2,1-2H3,(H,20,25)(H,21,22,23). The predicted octanol–water partition coefficient (Wildman–Crippen LogP) is 3.27. The number of hydrogen-bond donors (Lipinski definition) is 2. The number of aromatic amines is 1. The van der Waals surface area contributed by atoms with Crippen molar-refractivity contribution in [3.63, 3.8) is 0 Å². The van der Waals surface area contributed by atoms with Crippen molar-refractivity contribution < 1.29 is 8.95 Å². The van der Waals surface area contributed by atoms with E-state index < -0.39 is 9.73 Å². The molecule has 3 heterocycles. The first-order valence-corrected chi connectivity index (χ1v) is 10.9. The lowest BCUT2D eigenvalue weighted by Crippen LogP contribution is -2.11. The molecule has 0 atom stereocenters. The van der Waals surface area contributed by atoms with E-state index in [2.05, 4.69) is 24.6 Å². The summed E-state index contributed by atoms with van der Waals surface area (Å²) < 4.78 is 23.1. The topological polar surface area (TPSA) is 109 Å². The van der Waals surface area contributed by atoms with Gasteiger partial charge in [-0.2, -0.15) is 4.36 Å². The summed E-state index contributed by atoms with van der Waals surface area (Å²) in [5.41, 5.74) is 2.09. The molecule has 8 nitrogen and oxygen atoms in total. The number of pyridine rings is 1. The first-order chi connectivity index (χ1) is 13.5. The Morgan fingerprint density at radius 1 is 1.29 bits per heavy atom. The van der Waals surface area contributed by atoms with Crippen LogP contribution in [0.3, 0.4) is 0 Å². The second-order valence-corrected chi connectivity index (χ2v) is 9.23. The van der Waals surface area contributed by atoms with Gasteiger partial charge < -0.3 is 15.0 Å². The lowest BCUT2D eigenvalue weighted by Gasteiger charge is -2.15. The van der Waals surface area contributed by atoms with E-state index in [1.54, 1.807) is 31.5 Å². The first-order valence-electron chi connectivity index (χ1n) is 9.00. The molecular weight excluding hydrogens is 378 g/mol. The van der Waals surface area contributed by atoms with Gasteiger partial charge >= 0.3 is 0 Å². The zero-order valence-electron chi connectivity index (χ0n) is 15.7. The Hall–Kier alpha value is -2.94. The highest BCUT2D eigenvalue weighted by Crippen LogP contribution is 2.40. The number of anilines is 2. The Bertz CT molecular complexity index is 1220. The maximum atomic E-state index is 12.9. The second kappa shape index (κ2) is 7.23. The molecule has 146 valence electrons. The van der Waals surface area contributed by atoms with Crippen molar-refractivity contribution in [2.24, 2.45) is 4.36 Å². The van der Waals surface area contributed by atoms with Gasteiger partial charge in [0.1, 0.15) is 29.3 Å². The van der Waals surface area contributed by atoms with Crippen molar-refractivity contribution in [1.82, 2.24) is 15.0 Å². The Labute approximate surface area is 162 Å². The fourth-order valence-corrected chi connectivity index (χ4v) is 5.67. The number of nitrogens with one attached hydrogen (secondary N) is 2. The maximum Gasteiger partial charge on any atom is 0.271 e. The summed E-state index contributed by atoms with van der Waals surface area (Å²) >= 11 is 0. The predicted molar refractivity (Wildman–Crippen MR) is 110 cm³/mol. The van der Waals surface area contributed by atoms with E-state index in [9.17, 15) is 9.00 Å². The number of aryl methyl sites for hydroxylation is 1. The molecular formula is C19H21N5O3S. The van der Waals surface area contributed by atoms with Gasteiger partial charge in [-0.3, -0.25) is 4.79 Å². The van der Waals surface area contributed by atoms with Crippen LogP contribution < -0.4 is 15.6 Å². The van der Waals surface area contributed by atoms with Crippen LogP contribution in [-0.4, -0.2) is 37.8 Å². The van der Waals surface area contributed by atoms with E-state index in [0.29, 0.717) is 40.0 Å². The fraction of sp³-hybridized carbons (Fsp3) is 0.316. The number of hydrogen-bond acceptors (Lipinski definition) is 7. The molecule has 9 heteroatoms. The number of methoxy groups -OCH3 is 1. The van der Waals surface area contributed by atoms with Gasteiger partial charge in [-0.15, -0.1) is 0 Å². The second-order valence-electron chi connectivity index (χ2n) is 6.69. The van der Waals surface area contributed by atoms with Gasteiger partial charge in [0, 0.05) is 28.7 Å². The third-order valence-corrected chi connectivity index (χ3v) is 7.20. The Balaban J connectivity index is 1.90. The van der Waals surface area contributed by atoms with Crippen LogP contribution in [0.2, 0.25) is 0 Å². The van der Waals surface area contributed by atoms with Gasteiger partial charge in [-0.25, -0.2) is 14.2 Å². The van der Waals surface area contributed by atoms with Gasteiger partial charge in [0.05, 0.1) is 22.4 Å². The first kappa shape index (κ1) is 18.4. The summed E-state index contributed by atoms with van der Waals surface area (Å²) in [7, 11) is -0.686. The van der Waals surface area contributed by atoms with Crippen LogP contribution in [0.5, 0.6) is 5.75 Å². The average Bonchev–Trinajstić information content (AvgIpc) is 3.10. The van der Waals surface area contributed by atoms with E-state index in [-0.39, 0.29) is 5.56 Å². The third-order valence-electron chi connectivity index (χ3n) is 4.81. The molecule has 0 amide bonds. The zero-order chi connectivity index (χ0) is 19.7. The SMILES string of the molecule is COc1c(N=S2(=O)CCCC2)cc2ncnc(Nc3ccc[nH]c3=O)c2c1C. The Morgan fingerprint density at radius 2 is 2.07 bits per heavy atom. The molecule has 1 aromatic carbocycles. The normalized spacial score (nSPS) is 15.5. The molecule has 4 rings (SSSR count). The van der Waals surface area contributed by atoms with Crippen molar-refractivity contribution in [3.05, 3.63) is 46.6 Å². The van der Waals surface area contributed by atoms with Crippen LogP contribution in [0.4, 0.5) is 17.2 Å². The van der Waals surface area contributed by atoms with Crippen molar-refractivity contribution in [3.8, 4) is 5.75 Å². The van der Waals surface area contributed by atoms with Gasteiger partial charge in [-0.05, 0) is 38.0 Å². The summed E-state index contributed by atoms with van der Waals surface area (Å²) in [6.07, 6.45) is 4.85. The number of nitrogens with zero attached hydrogens (tertiary/aromatic N) is 3. The van der Waals surface area contributed by atoms with Crippen LogP contribution in [0.15, 0.2) is 39.9 Å². The zero-order valence-corrected chi connectivity index (χ0v) is 16.5. The molecule has 28 heavy (non-hydrogen) atoms. The summed E-state index contributed by atoms with van der Waals surface area (Å²) in [6.45, 7) is 1.88. The van der Waals surface area contributed by atoms with Crippen molar-refractivity contribution in [2.45, 2.75) is 19.8 Å². The number of fused-ring (bicyclic) bond motifs is 1. The minimum absolute atomic E-state index is 0.247. The smallest absolute Gasteiger partial charge is 0.271 e. The lowest BCUT2D eigenvalue weighted by molar-refractivity contribution is 0.414. The molecule has 3 aromatic rings. The molecule has 1 fully saturated rings. The lowest BCUT2D eigenvalue weighted by atomic mass is 10.1. The van der Waals surface area contributed by atoms with Gasteiger partial charge in [0.15, 0.2) is 0 Å². The van der Waals surface area contributed by atoms with Gasteiger partial charge in [-0.1, -0.05) is 0 Å². The van der Waals surface area contributed by atoms with Crippen molar-refractivity contribution in [2.75, 3.05) is 23.9 Å². The van der Waals surface area contributed by atoms with Crippen LogP contribution in [0, 0.1) is 6.92 Å². The van der Waals surface area contributed by atoms with Crippen LogP contribution in [0.25, 0.3) is 10.9 Å². The highest BCUT2D eigenvalue weighted by molar-refractivity contribution is 7.93. The highest BCUT2D eigenvalue weighted by atomic mass is 32.2. The number of rotatable bonds is 4. The molecule has 0 aliphatic carbocycles. The van der Waals surface area contributed by atoms with E-state index >= 15 is 0 Å². The largest absolute Gasteiger partial charge is 0.494 e. The molecule has 2 N–H and O–H groups in total. The number of benzene rings is 1. The quantitative estimate of drug-likeness (QED) is 0.697. The van der Waals surface area contributed by atoms with E-state index in [1.807, 2.05) is 6.92 Å². The van der Waals surface area contributed by atoms with E-state index in [0.717, 1.165) is 23.8 Å². The molecule has 0 unspecified atom stereocenters. The average molecular weight is 399 g/mol. The maximum absolute atomic E-state index is 12.9. The third kappa shape index (κ3) is 3.33. The molecule has 0 saturated carbocycles.